The van der Waals surface area contributed by atoms with Crippen LogP contribution in [0.1, 0.15) is 62.2 Å². The Kier molecular flexibility index (Phi) is 9.42. The fourth-order valence-electron chi connectivity index (χ4n) is 4.64. The lowest BCUT2D eigenvalue weighted by Gasteiger charge is -2.20. The Morgan fingerprint density at radius 1 is 1.05 bits per heavy atom. The van der Waals surface area contributed by atoms with Crippen molar-refractivity contribution in [2.24, 2.45) is 0 Å². The number of amides is 1. The van der Waals surface area contributed by atoms with Gasteiger partial charge < -0.3 is 14.8 Å². The smallest absolute Gasteiger partial charge is 0.308 e. The molecule has 4 rings (SSSR count). The molecule has 0 spiro atoms. The van der Waals surface area contributed by atoms with Crippen molar-refractivity contribution in [1.82, 2.24) is 19.9 Å². The first-order chi connectivity index (χ1) is 19.1. The molecule has 0 aliphatic rings. The zero-order chi connectivity index (χ0) is 28.8. The van der Waals surface area contributed by atoms with E-state index >= 15 is 0 Å². The number of ether oxygens (including phenoxy) is 2. The van der Waals surface area contributed by atoms with E-state index in [1.807, 2.05) is 86.8 Å². The second-order valence-corrected chi connectivity index (χ2v) is 10.4. The number of carbonyl (C=O) groups is 2. The maximum atomic E-state index is 13.1. The number of halogens is 1. The van der Waals surface area contributed by atoms with Crippen molar-refractivity contribution in [3.05, 3.63) is 82.1 Å². The van der Waals surface area contributed by atoms with Gasteiger partial charge in [0.1, 0.15) is 5.75 Å². The quantitative estimate of drug-likeness (QED) is 0.219. The zero-order valence-electron chi connectivity index (χ0n) is 23.5. The first-order valence-electron chi connectivity index (χ1n) is 13.5. The Morgan fingerprint density at radius 2 is 1.75 bits per heavy atom. The minimum atomic E-state index is -0.518. The van der Waals surface area contributed by atoms with Crippen LogP contribution in [0.4, 0.5) is 0 Å². The highest BCUT2D eigenvalue weighted by Gasteiger charge is 2.21. The summed E-state index contributed by atoms with van der Waals surface area (Å²) in [5, 5.41) is 8.44. The summed E-state index contributed by atoms with van der Waals surface area (Å²) in [4.78, 5) is 30.2. The summed E-state index contributed by atoms with van der Waals surface area (Å²) in [5.41, 5.74) is 6.04. The SMILES string of the molecule is CCOC(=O)CC(NC(=O)CCc1c(C)nc2cc(-c3ccc(Cl)cc3)nn2c1C)c1ccc(OC(C)C)cc1. The lowest BCUT2D eigenvalue weighted by atomic mass is 10.0. The Labute approximate surface area is 239 Å². The molecule has 2 aromatic heterocycles. The van der Waals surface area contributed by atoms with Crippen LogP contribution >= 0.6 is 11.6 Å². The average Bonchev–Trinajstić information content (AvgIpc) is 3.33. The maximum Gasteiger partial charge on any atom is 0.308 e. The summed E-state index contributed by atoms with van der Waals surface area (Å²) in [7, 11) is 0. The first kappa shape index (κ1) is 29.1. The van der Waals surface area contributed by atoms with Crippen molar-refractivity contribution in [2.75, 3.05) is 6.61 Å². The Bertz CT molecular complexity index is 1480. The predicted octanol–water partition coefficient (Wildman–Crippen LogP) is 6.20. The predicted molar refractivity (Wildman–Crippen MR) is 156 cm³/mol. The summed E-state index contributed by atoms with van der Waals surface area (Å²) in [6.07, 6.45) is 0.799. The highest BCUT2D eigenvalue weighted by atomic mass is 35.5. The summed E-state index contributed by atoms with van der Waals surface area (Å²) in [5.74, 6) is 0.191. The van der Waals surface area contributed by atoms with E-state index in [0.717, 1.165) is 45.2 Å². The third-order valence-corrected chi connectivity index (χ3v) is 6.82. The number of nitrogens with one attached hydrogen (secondary N) is 1. The van der Waals surface area contributed by atoms with E-state index in [2.05, 4.69) is 5.32 Å². The lowest BCUT2D eigenvalue weighted by molar-refractivity contribution is -0.143. The van der Waals surface area contributed by atoms with Gasteiger partial charge in [0.2, 0.25) is 5.91 Å². The van der Waals surface area contributed by atoms with Gasteiger partial charge in [0.25, 0.3) is 0 Å². The van der Waals surface area contributed by atoms with Crippen LogP contribution in [0.15, 0.2) is 54.6 Å². The van der Waals surface area contributed by atoms with E-state index < -0.39 is 6.04 Å². The van der Waals surface area contributed by atoms with Gasteiger partial charge >= 0.3 is 5.97 Å². The highest BCUT2D eigenvalue weighted by Crippen LogP contribution is 2.25. The second-order valence-electron chi connectivity index (χ2n) is 9.93. The van der Waals surface area contributed by atoms with Crippen molar-refractivity contribution in [1.29, 1.82) is 0 Å². The fraction of sp³-hybridized carbons (Fsp3) is 0.355. The van der Waals surface area contributed by atoms with Crippen LogP contribution in [0.25, 0.3) is 16.9 Å². The zero-order valence-corrected chi connectivity index (χ0v) is 24.3. The molecule has 2 aromatic carbocycles. The van der Waals surface area contributed by atoms with Gasteiger partial charge in [0.05, 0.1) is 30.9 Å². The third-order valence-electron chi connectivity index (χ3n) is 6.57. The molecule has 0 fully saturated rings. The molecule has 8 nitrogen and oxygen atoms in total. The van der Waals surface area contributed by atoms with Crippen LogP contribution in [0.5, 0.6) is 5.75 Å². The minimum absolute atomic E-state index is 0.0380. The minimum Gasteiger partial charge on any atom is -0.491 e. The molecule has 0 saturated heterocycles. The van der Waals surface area contributed by atoms with Gasteiger partial charge in [-0.25, -0.2) is 9.50 Å². The number of hydrogen-bond acceptors (Lipinski definition) is 6. The first-order valence-corrected chi connectivity index (χ1v) is 13.9. The van der Waals surface area contributed by atoms with Crippen LogP contribution in [-0.4, -0.2) is 39.2 Å². The van der Waals surface area contributed by atoms with Gasteiger partial charge in [-0.15, -0.1) is 0 Å². The molecule has 0 bridgehead atoms. The van der Waals surface area contributed by atoms with Crippen LogP contribution < -0.4 is 10.1 Å². The molecule has 0 saturated carbocycles. The molecule has 1 N–H and O–H groups in total. The van der Waals surface area contributed by atoms with Crippen molar-refractivity contribution in [2.45, 2.75) is 66.0 Å². The van der Waals surface area contributed by atoms with Crippen molar-refractivity contribution in [3.8, 4) is 17.0 Å². The van der Waals surface area contributed by atoms with Crippen molar-refractivity contribution >= 4 is 29.1 Å². The van der Waals surface area contributed by atoms with E-state index in [4.69, 9.17) is 31.2 Å². The molecule has 0 aliphatic heterocycles. The molecule has 0 radical (unpaired) electrons. The van der Waals surface area contributed by atoms with E-state index in [-0.39, 0.29) is 37.4 Å². The number of nitrogens with zero attached hydrogens (tertiary/aromatic N) is 3. The highest BCUT2D eigenvalue weighted by molar-refractivity contribution is 6.30. The number of aromatic nitrogens is 3. The molecule has 4 aromatic rings. The van der Waals surface area contributed by atoms with Gasteiger partial charge in [-0.3, -0.25) is 9.59 Å². The Morgan fingerprint density at radius 3 is 2.40 bits per heavy atom. The number of aryl methyl sites for hydroxylation is 2. The van der Waals surface area contributed by atoms with E-state index in [1.54, 1.807) is 6.92 Å². The lowest BCUT2D eigenvalue weighted by Crippen LogP contribution is -2.31. The average molecular weight is 563 g/mol. The monoisotopic (exact) mass is 562 g/mol. The number of fused-ring (bicyclic) bond motifs is 1. The Balaban J connectivity index is 1.49. The summed E-state index contributed by atoms with van der Waals surface area (Å²) >= 11 is 6.03. The normalized spacial score (nSPS) is 12.0. The van der Waals surface area contributed by atoms with Gasteiger partial charge in [-0.1, -0.05) is 35.9 Å². The molecule has 210 valence electrons. The largest absolute Gasteiger partial charge is 0.491 e. The van der Waals surface area contributed by atoms with Crippen LogP contribution in [-0.2, 0) is 20.7 Å². The topological polar surface area (TPSA) is 94.8 Å². The molecule has 2 heterocycles. The van der Waals surface area contributed by atoms with E-state index in [1.165, 1.54) is 0 Å². The maximum absolute atomic E-state index is 13.1. The van der Waals surface area contributed by atoms with Gasteiger partial charge in [-0.05, 0) is 76.4 Å². The number of rotatable bonds is 11. The number of hydrogen-bond donors (Lipinski definition) is 1. The summed E-state index contributed by atoms with van der Waals surface area (Å²) < 4.78 is 12.7. The van der Waals surface area contributed by atoms with Crippen LogP contribution in [0.2, 0.25) is 5.02 Å². The molecular formula is C31H35ClN4O4. The molecule has 1 amide bonds. The summed E-state index contributed by atoms with van der Waals surface area (Å²) in [6, 6.07) is 16.4. The molecule has 1 atom stereocenters. The number of benzene rings is 2. The molecule has 9 heteroatoms. The second kappa shape index (κ2) is 13.0. The molecule has 40 heavy (non-hydrogen) atoms. The third kappa shape index (κ3) is 7.18. The molecular weight excluding hydrogens is 528 g/mol. The Hall–Kier alpha value is -3.91. The van der Waals surface area contributed by atoms with Gasteiger partial charge in [-0.2, -0.15) is 5.10 Å². The molecule has 1 unspecified atom stereocenters. The fourth-order valence-corrected chi connectivity index (χ4v) is 4.77. The number of carbonyl (C=O) groups excluding carboxylic acids is 2. The van der Waals surface area contributed by atoms with Gasteiger partial charge in [0.15, 0.2) is 5.65 Å². The standard InChI is InChI=1S/C31H35ClN4O4/c1-6-39-31(38)18-27(22-9-13-25(14-10-22)40-19(2)3)34-30(37)16-15-26-20(4)33-29-17-28(35-36(29)21(26)5)23-7-11-24(32)12-8-23/h7-14,17,19,27H,6,15-16,18H2,1-5H3,(H,34,37). The van der Waals surface area contributed by atoms with Crippen molar-refractivity contribution < 1.29 is 19.1 Å². The van der Waals surface area contributed by atoms with Crippen LogP contribution in [0.3, 0.4) is 0 Å². The van der Waals surface area contributed by atoms with Crippen LogP contribution in [0, 0.1) is 13.8 Å². The molecule has 0 aliphatic carbocycles. The summed E-state index contributed by atoms with van der Waals surface area (Å²) in [6.45, 7) is 9.88. The van der Waals surface area contributed by atoms with Gasteiger partial charge in [0, 0.05) is 34.5 Å². The number of esters is 1. The van der Waals surface area contributed by atoms with Crippen molar-refractivity contribution in [3.63, 3.8) is 0 Å². The van der Waals surface area contributed by atoms with E-state index in [0.29, 0.717) is 11.4 Å². The van der Waals surface area contributed by atoms with E-state index in [9.17, 15) is 9.59 Å².